The Morgan fingerprint density at radius 1 is 1.12 bits per heavy atom. The van der Waals surface area contributed by atoms with E-state index in [9.17, 15) is 4.39 Å². The molecule has 1 aromatic heterocycles. The number of rotatable bonds is 2. The molecule has 0 saturated carbocycles. The van der Waals surface area contributed by atoms with Crippen LogP contribution in [0.15, 0.2) is 36.7 Å². The van der Waals surface area contributed by atoms with Gasteiger partial charge in [-0.05, 0) is 23.3 Å². The topological polar surface area (TPSA) is 12.9 Å². The van der Waals surface area contributed by atoms with Crippen LogP contribution in [0.5, 0.6) is 0 Å². The summed E-state index contributed by atoms with van der Waals surface area (Å²) in [5, 5.41) is 0.525. The van der Waals surface area contributed by atoms with E-state index < -0.39 is 0 Å². The van der Waals surface area contributed by atoms with E-state index in [-0.39, 0.29) is 5.82 Å². The largest absolute Gasteiger partial charge is 0.263 e. The molecule has 1 aromatic carbocycles. The summed E-state index contributed by atoms with van der Waals surface area (Å²) in [4.78, 5) is 4.01. The standard InChI is InChI=1S/C12H8Cl2FN/c13-5-10-11(6-16-7-12(10)14)8-1-3-9(15)4-2-8/h1-4,6-7H,5H2. The molecule has 4 heteroatoms. The van der Waals surface area contributed by atoms with Crippen molar-refractivity contribution in [1.82, 2.24) is 4.98 Å². The molecule has 0 aliphatic rings. The number of alkyl halides is 1. The van der Waals surface area contributed by atoms with Gasteiger partial charge in [0, 0.05) is 23.8 Å². The molecule has 0 fully saturated rings. The van der Waals surface area contributed by atoms with Crippen molar-refractivity contribution in [3.05, 3.63) is 53.1 Å². The second kappa shape index (κ2) is 4.81. The highest BCUT2D eigenvalue weighted by Gasteiger charge is 2.08. The second-order valence-electron chi connectivity index (χ2n) is 3.29. The van der Waals surface area contributed by atoms with E-state index in [1.54, 1.807) is 24.5 Å². The van der Waals surface area contributed by atoms with Gasteiger partial charge in [0.05, 0.1) is 5.02 Å². The van der Waals surface area contributed by atoms with E-state index in [2.05, 4.69) is 4.98 Å². The van der Waals surface area contributed by atoms with Crippen molar-refractivity contribution >= 4 is 23.2 Å². The van der Waals surface area contributed by atoms with Crippen LogP contribution in [0.3, 0.4) is 0 Å². The molecule has 0 unspecified atom stereocenters. The Bertz CT molecular complexity index is 497. The molecule has 16 heavy (non-hydrogen) atoms. The van der Waals surface area contributed by atoms with Gasteiger partial charge in [-0.25, -0.2) is 4.39 Å². The highest BCUT2D eigenvalue weighted by atomic mass is 35.5. The second-order valence-corrected chi connectivity index (χ2v) is 3.96. The molecule has 0 aliphatic carbocycles. The number of hydrogen-bond donors (Lipinski definition) is 0. The normalized spacial score (nSPS) is 10.4. The SMILES string of the molecule is Fc1ccc(-c2cncc(Cl)c2CCl)cc1. The quantitative estimate of drug-likeness (QED) is 0.731. The zero-order valence-electron chi connectivity index (χ0n) is 8.25. The fourth-order valence-corrected chi connectivity index (χ4v) is 2.06. The highest BCUT2D eigenvalue weighted by molar-refractivity contribution is 6.32. The molecule has 82 valence electrons. The lowest BCUT2D eigenvalue weighted by atomic mass is 10.0. The van der Waals surface area contributed by atoms with Gasteiger partial charge in [-0.1, -0.05) is 23.7 Å². The minimum absolute atomic E-state index is 0.272. The first-order chi connectivity index (χ1) is 7.72. The zero-order chi connectivity index (χ0) is 11.5. The van der Waals surface area contributed by atoms with Gasteiger partial charge in [0.2, 0.25) is 0 Å². The number of benzene rings is 1. The third kappa shape index (κ3) is 2.18. The van der Waals surface area contributed by atoms with Crippen molar-refractivity contribution in [3.8, 4) is 11.1 Å². The van der Waals surface area contributed by atoms with Gasteiger partial charge < -0.3 is 0 Å². The lowest BCUT2D eigenvalue weighted by Crippen LogP contribution is -1.90. The summed E-state index contributed by atoms with van der Waals surface area (Å²) in [6.45, 7) is 0. The number of aromatic nitrogens is 1. The van der Waals surface area contributed by atoms with Gasteiger partial charge in [-0.15, -0.1) is 11.6 Å². The number of halogens is 3. The van der Waals surface area contributed by atoms with E-state index in [1.807, 2.05) is 0 Å². The summed E-state index contributed by atoms with van der Waals surface area (Å²) in [6, 6.07) is 6.15. The molecular weight excluding hydrogens is 248 g/mol. The zero-order valence-corrected chi connectivity index (χ0v) is 9.76. The van der Waals surface area contributed by atoms with Crippen LogP contribution in [-0.2, 0) is 5.88 Å². The van der Waals surface area contributed by atoms with Crippen LogP contribution in [0.25, 0.3) is 11.1 Å². The summed E-state index contributed by atoms with van der Waals surface area (Å²) in [5.41, 5.74) is 2.50. The maximum Gasteiger partial charge on any atom is 0.123 e. The molecular formula is C12H8Cl2FN. The minimum Gasteiger partial charge on any atom is -0.263 e. The van der Waals surface area contributed by atoms with Crippen molar-refractivity contribution in [2.75, 3.05) is 0 Å². The van der Waals surface area contributed by atoms with Gasteiger partial charge in [-0.3, -0.25) is 4.98 Å². The summed E-state index contributed by atoms with van der Waals surface area (Å²) < 4.78 is 12.8. The fraction of sp³-hybridized carbons (Fsp3) is 0.0833. The van der Waals surface area contributed by atoms with E-state index in [1.165, 1.54) is 12.1 Å². The lowest BCUT2D eigenvalue weighted by Gasteiger charge is -2.08. The molecule has 2 aromatic rings. The third-order valence-corrected chi connectivity index (χ3v) is 2.89. The average Bonchev–Trinajstić information content (AvgIpc) is 2.30. The fourth-order valence-electron chi connectivity index (χ4n) is 1.48. The van der Waals surface area contributed by atoms with Crippen LogP contribution in [0, 0.1) is 5.82 Å². The Morgan fingerprint density at radius 2 is 1.81 bits per heavy atom. The molecule has 0 aliphatic heterocycles. The number of hydrogen-bond acceptors (Lipinski definition) is 1. The smallest absolute Gasteiger partial charge is 0.123 e. The molecule has 1 nitrogen and oxygen atoms in total. The van der Waals surface area contributed by atoms with Crippen LogP contribution < -0.4 is 0 Å². The summed E-state index contributed by atoms with van der Waals surface area (Å²) >= 11 is 11.8. The molecule has 0 bridgehead atoms. The molecule has 0 N–H and O–H groups in total. The molecule has 0 amide bonds. The first-order valence-electron chi connectivity index (χ1n) is 4.66. The van der Waals surface area contributed by atoms with Gasteiger partial charge in [0.25, 0.3) is 0 Å². The highest BCUT2D eigenvalue weighted by Crippen LogP contribution is 2.29. The van der Waals surface area contributed by atoms with Crippen LogP contribution in [-0.4, -0.2) is 4.98 Å². The first kappa shape index (κ1) is 11.4. The molecule has 0 saturated heterocycles. The van der Waals surface area contributed by atoms with Crippen LogP contribution >= 0.6 is 23.2 Å². The van der Waals surface area contributed by atoms with Crippen molar-refractivity contribution < 1.29 is 4.39 Å². The third-order valence-electron chi connectivity index (χ3n) is 2.29. The van der Waals surface area contributed by atoms with E-state index in [0.29, 0.717) is 10.9 Å². The Balaban J connectivity index is 2.55. The monoisotopic (exact) mass is 255 g/mol. The Kier molecular flexibility index (Phi) is 3.42. The number of nitrogens with zero attached hydrogens (tertiary/aromatic N) is 1. The molecule has 0 radical (unpaired) electrons. The molecule has 2 rings (SSSR count). The maximum atomic E-state index is 12.8. The summed E-state index contributed by atoms with van der Waals surface area (Å²) in [6.07, 6.45) is 3.23. The average molecular weight is 256 g/mol. The van der Waals surface area contributed by atoms with Gasteiger partial charge >= 0.3 is 0 Å². The van der Waals surface area contributed by atoms with Gasteiger partial charge in [0.1, 0.15) is 5.82 Å². The predicted molar refractivity (Wildman–Crippen MR) is 64.2 cm³/mol. The minimum atomic E-state index is -0.272. The number of pyridine rings is 1. The Hall–Kier alpha value is -1.12. The molecule has 0 atom stereocenters. The molecule has 1 heterocycles. The predicted octanol–water partition coefficient (Wildman–Crippen LogP) is 4.28. The van der Waals surface area contributed by atoms with Crippen LogP contribution in [0.4, 0.5) is 4.39 Å². The molecule has 0 spiro atoms. The van der Waals surface area contributed by atoms with Crippen molar-refractivity contribution in [3.63, 3.8) is 0 Å². The maximum absolute atomic E-state index is 12.8. The van der Waals surface area contributed by atoms with E-state index >= 15 is 0 Å². The van der Waals surface area contributed by atoms with Crippen molar-refractivity contribution in [1.29, 1.82) is 0 Å². The van der Waals surface area contributed by atoms with Crippen molar-refractivity contribution in [2.45, 2.75) is 5.88 Å². The Morgan fingerprint density at radius 3 is 2.44 bits per heavy atom. The first-order valence-corrected chi connectivity index (χ1v) is 5.58. The summed E-state index contributed by atoms with van der Waals surface area (Å²) in [5.74, 6) is 0.0276. The van der Waals surface area contributed by atoms with Gasteiger partial charge in [-0.2, -0.15) is 0 Å². The van der Waals surface area contributed by atoms with E-state index in [0.717, 1.165) is 16.7 Å². The van der Waals surface area contributed by atoms with Gasteiger partial charge in [0.15, 0.2) is 0 Å². The Labute approximate surface area is 103 Å². The van der Waals surface area contributed by atoms with Crippen LogP contribution in [0.1, 0.15) is 5.56 Å². The van der Waals surface area contributed by atoms with Crippen LogP contribution in [0.2, 0.25) is 5.02 Å². The van der Waals surface area contributed by atoms with Crippen molar-refractivity contribution in [2.24, 2.45) is 0 Å². The lowest BCUT2D eigenvalue weighted by molar-refractivity contribution is 0.628. The van der Waals surface area contributed by atoms with E-state index in [4.69, 9.17) is 23.2 Å². The summed E-state index contributed by atoms with van der Waals surface area (Å²) in [7, 11) is 0.